The number of thiophene rings is 1. The Kier molecular flexibility index (Phi) is 4.44. The first-order valence-corrected chi connectivity index (χ1v) is 9.34. The molecule has 0 fully saturated rings. The monoisotopic (exact) mass is 380 g/mol. The zero-order valence-corrected chi connectivity index (χ0v) is 15.7. The van der Waals surface area contributed by atoms with Crippen LogP contribution >= 0.6 is 23.6 Å². The van der Waals surface area contributed by atoms with Gasteiger partial charge in [-0.2, -0.15) is 0 Å². The summed E-state index contributed by atoms with van der Waals surface area (Å²) in [7, 11) is 1.62. The van der Waals surface area contributed by atoms with E-state index in [1.165, 1.54) is 0 Å². The van der Waals surface area contributed by atoms with Gasteiger partial charge in [-0.05, 0) is 29.9 Å². The van der Waals surface area contributed by atoms with Gasteiger partial charge in [-0.3, -0.25) is 9.36 Å². The molecule has 6 heteroatoms. The number of methoxy groups -OCH3 is 1. The van der Waals surface area contributed by atoms with Gasteiger partial charge in [0.25, 0.3) is 5.56 Å². The second-order valence-electron chi connectivity index (χ2n) is 5.85. The number of aromatic amines is 1. The van der Waals surface area contributed by atoms with Crippen molar-refractivity contribution < 1.29 is 4.74 Å². The van der Waals surface area contributed by atoms with Crippen LogP contribution in [0.25, 0.3) is 20.7 Å². The number of aromatic nitrogens is 2. The van der Waals surface area contributed by atoms with Crippen LogP contribution in [0.15, 0.2) is 65.5 Å². The maximum absolute atomic E-state index is 13.0. The second kappa shape index (κ2) is 6.90. The lowest BCUT2D eigenvalue weighted by Gasteiger charge is -2.10. The third-order valence-electron chi connectivity index (χ3n) is 4.25. The third kappa shape index (κ3) is 2.98. The Morgan fingerprint density at radius 2 is 1.85 bits per heavy atom. The highest BCUT2D eigenvalue weighted by molar-refractivity contribution is 7.71. The molecule has 0 atom stereocenters. The van der Waals surface area contributed by atoms with Gasteiger partial charge in [-0.15, -0.1) is 11.3 Å². The van der Waals surface area contributed by atoms with Gasteiger partial charge in [0.15, 0.2) is 4.77 Å². The number of rotatable bonds is 4. The molecule has 1 N–H and O–H groups in total. The van der Waals surface area contributed by atoms with Crippen molar-refractivity contribution in [3.05, 3.63) is 81.4 Å². The van der Waals surface area contributed by atoms with Crippen molar-refractivity contribution in [2.45, 2.75) is 6.54 Å². The number of nitrogens with one attached hydrogen (secondary N) is 1. The van der Waals surface area contributed by atoms with E-state index in [9.17, 15) is 4.79 Å². The zero-order chi connectivity index (χ0) is 18.1. The average Bonchev–Trinajstić information content (AvgIpc) is 3.10. The summed E-state index contributed by atoms with van der Waals surface area (Å²) in [5.74, 6) is 0.740. The Morgan fingerprint density at radius 3 is 2.62 bits per heavy atom. The quantitative estimate of drug-likeness (QED) is 0.515. The van der Waals surface area contributed by atoms with Crippen molar-refractivity contribution in [2.75, 3.05) is 7.11 Å². The van der Waals surface area contributed by atoms with Crippen molar-refractivity contribution in [1.29, 1.82) is 0 Å². The Bertz CT molecular complexity index is 1190. The Hall–Kier alpha value is -2.70. The normalized spacial score (nSPS) is 11.0. The van der Waals surface area contributed by atoms with Crippen molar-refractivity contribution in [1.82, 2.24) is 9.55 Å². The van der Waals surface area contributed by atoms with E-state index < -0.39 is 0 Å². The van der Waals surface area contributed by atoms with Crippen LogP contribution < -0.4 is 10.3 Å². The fourth-order valence-corrected chi connectivity index (χ4v) is 4.31. The van der Waals surface area contributed by atoms with Crippen LogP contribution in [0.4, 0.5) is 0 Å². The number of nitrogens with zero attached hydrogens (tertiary/aromatic N) is 1. The molecule has 2 aromatic carbocycles. The maximum atomic E-state index is 13.0. The molecule has 4 aromatic rings. The molecule has 26 heavy (non-hydrogen) atoms. The molecular weight excluding hydrogens is 364 g/mol. The third-order valence-corrected chi connectivity index (χ3v) is 5.67. The van der Waals surface area contributed by atoms with Gasteiger partial charge in [0, 0.05) is 10.4 Å². The summed E-state index contributed by atoms with van der Waals surface area (Å²) in [6.45, 7) is 0.366. The maximum Gasteiger partial charge on any atom is 0.263 e. The van der Waals surface area contributed by atoms with E-state index >= 15 is 0 Å². The van der Waals surface area contributed by atoms with E-state index in [-0.39, 0.29) is 5.56 Å². The first-order chi connectivity index (χ1) is 12.7. The van der Waals surface area contributed by atoms with Gasteiger partial charge < -0.3 is 9.72 Å². The van der Waals surface area contributed by atoms with E-state index in [4.69, 9.17) is 17.0 Å². The lowest BCUT2D eigenvalue weighted by molar-refractivity contribution is 0.408. The van der Waals surface area contributed by atoms with Crippen LogP contribution in [0.3, 0.4) is 0 Å². The molecule has 4 nitrogen and oxygen atoms in total. The molecule has 0 spiro atoms. The lowest BCUT2D eigenvalue weighted by atomic mass is 10.2. The van der Waals surface area contributed by atoms with Crippen LogP contribution in [0, 0.1) is 4.77 Å². The van der Waals surface area contributed by atoms with Crippen molar-refractivity contribution in [3.63, 3.8) is 0 Å². The standard InChI is InChI=1S/C20H16N2O2S2/c1-24-16-10-6-5-9-14(16)12-22-19(23)15-11-17(13-7-3-2-4-8-13)26-18(15)21-20(22)25/h2-11H,12H2,1H3,(H,21,25). The van der Waals surface area contributed by atoms with Gasteiger partial charge in [0.05, 0.1) is 19.0 Å². The molecule has 130 valence electrons. The van der Waals surface area contributed by atoms with Crippen LogP contribution in [-0.2, 0) is 6.54 Å². The summed E-state index contributed by atoms with van der Waals surface area (Å²) in [5.41, 5.74) is 1.91. The minimum atomic E-state index is -0.0897. The van der Waals surface area contributed by atoms with E-state index in [1.54, 1.807) is 23.0 Å². The minimum Gasteiger partial charge on any atom is -0.496 e. The predicted molar refractivity (Wildman–Crippen MR) is 109 cm³/mol. The summed E-state index contributed by atoms with van der Waals surface area (Å²) in [4.78, 5) is 18.1. The fraction of sp³-hybridized carbons (Fsp3) is 0.100. The molecule has 4 rings (SSSR count). The summed E-state index contributed by atoms with van der Waals surface area (Å²) in [6.07, 6.45) is 0. The van der Waals surface area contributed by atoms with Crippen molar-refractivity contribution in [3.8, 4) is 16.2 Å². The molecule has 0 aliphatic heterocycles. The number of fused-ring (bicyclic) bond motifs is 1. The fourth-order valence-electron chi connectivity index (χ4n) is 2.94. The van der Waals surface area contributed by atoms with Gasteiger partial charge in [-0.25, -0.2) is 0 Å². The molecule has 0 amide bonds. The topological polar surface area (TPSA) is 47.0 Å². The molecule has 2 aromatic heterocycles. The molecule has 0 aliphatic carbocycles. The summed E-state index contributed by atoms with van der Waals surface area (Å²) >= 11 is 6.99. The number of hydrogen-bond acceptors (Lipinski definition) is 4. The first-order valence-electron chi connectivity index (χ1n) is 8.11. The van der Waals surface area contributed by atoms with E-state index in [0.29, 0.717) is 16.7 Å². The molecule has 0 saturated carbocycles. The smallest absolute Gasteiger partial charge is 0.263 e. The summed E-state index contributed by atoms with van der Waals surface area (Å²) in [5, 5.41) is 0.650. The van der Waals surface area contributed by atoms with Crippen LogP contribution in [-0.4, -0.2) is 16.7 Å². The van der Waals surface area contributed by atoms with Gasteiger partial charge in [-0.1, -0.05) is 48.5 Å². The molecule has 0 saturated heterocycles. The average molecular weight is 380 g/mol. The van der Waals surface area contributed by atoms with Gasteiger partial charge in [0.1, 0.15) is 10.6 Å². The van der Waals surface area contributed by atoms with Gasteiger partial charge in [0.2, 0.25) is 0 Å². The highest BCUT2D eigenvalue weighted by Crippen LogP contribution is 2.30. The molecule has 0 unspecified atom stereocenters. The van der Waals surface area contributed by atoms with Crippen molar-refractivity contribution in [2.24, 2.45) is 0 Å². The SMILES string of the molecule is COc1ccccc1Cn1c(=S)[nH]c2sc(-c3ccccc3)cc2c1=O. The predicted octanol–water partition coefficient (Wildman–Crippen LogP) is 4.84. The summed E-state index contributed by atoms with van der Waals surface area (Å²) in [6, 6.07) is 19.6. The lowest BCUT2D eigenvalue weighted by Crippen LogP contribution is -2.22. The summed E-state index contributed by atoms with van der Waals surface area (Å²) < 4.78 is 7.38. The Balaban J connectivity index is 1.84. The molecule has 0 aliphatic rings. The number of benzene rings is 2. The molecule has 0 bridgehead atoms. The van der Waals surface area contributed by atoms with E-state index in [2.05, 4.69) is 4.98 Å². The highest BCUT2D eigenvalue weighted by Gasteiger charge is 2.12. The van der Waals surface area contributed by atoms with Crippen LogP contribution in [0.2, 0.25) is 0 Å². The number of hydrogen-bond donors (Lipinski definition) is 1. The molecule has 2 heterocycles. The van der Waals surface area contributed by atoms with E-state index in [1.807, 2.05) is 60.7 Å². The first kappa shape index (κ1) is 16.8. The highest BCUT2D eigenvalue weighted by atomic mass is 32.1. The minimum absolute atomic E-state index is 0.0897. The van der Waals surface area contributed by atoms with Crippen LogP contribution in [0.1, 0.15) is 5.56 Å². The van der Waals surface area contributed by atoms with E-state index in [0.717, 1.165) is 26.6 Å². The molecular formula is C20H16N2O2S2. The number of H-pyrrole nitrogens is 1. The van der Waals surface area contributed by atoms with Crippen LogP contribution in [0.5, 0.6) is 5.75 Å². The number of ether oxygens (including phenoxy) is 1. The largest absolute Gasteiger partial charge is 0.496 e. The number of para-hydroxylation sites is 1. The molecule has 0 radical (unpaired) electrons. The Labute approximate surface area is 159 Å². The Morgan fingerprint density at radius 1 is 1.12 bits per heavy atom. The van der Waals surface area contributed by atoms with Crippen molar-refractivity contribution >= 4 is 33.8 Å². The second-order valence-corrected chi connectivity index (χ2v) is 7.29. The van der Waals surface area contributed by atoms with Gasteiger partial charge >= 0.3 is 0 Å². The zero-order valence-electron chi connectivity index (χ0n) is 14.1.